The number of thioether (sulfide) groups is 1. The standard InChI is InChI=1S/C15H18N2O2S/c1-3-13(20-10-12-5-4-8-19-12)15(18)17-14-9-11(2)6-7-16-14/h4-9,13H,3,10H2,1-2H3,(H,16,17,18). The fourth-order valence-corrected chi connectivity index (χ4v) is 2.74. The second kappa shape index (κ2) is 7.14. The Morgan fingerprint density at radius 2 is 2.35 bits per heavy atom. The lowest BCUT2D eigenvalue weighted by Gasteiger charge is -2.13. The van der Waals surface area contributed by atoms with Crippen LogP contribution in [0, 0.1) is 6.92 Å². The largest absolute Gasteiger partial charge is 0.468 e. The van der Waals surface area contributed by atoms with Crippen LogP contribution >= 0.6 is 11.8 Å². The van der Waals surface area contributed by atoms with Gasteiger partial charge in [-0.15, -0.1) is 11.8 Å². The summed E-state index contributed by atoms with van der Waals surface area (Å²) in [5.74, 6) is 2.17. The zero-order valence-electron chi connectivity index (χ0n) is 11.6. The van der Waals surface area contributed by atoms with Crippen molar-refractivity contribution in [2.75, 3.05) is 5.32 Å². The van der Waals surface area contributed by atoms with E-state index in [0.29, 0.717) is 11.6 Å². The van der Waals surface area contributed by atoms with Crippen molar-refractivity contribution >= 4 is 23.5 Å². The molecule has 0 aliphatic carbocycles. The van der Waals surface area contributed by atoms with Crippen molar-refractivity contribution in [2.45, 2.75) is 31.3 Å². The van der Waals surface area contributed by atoms with E-state index in [1.165, 1.54) is 0 Å². The maximum absolute atomic E-state index is 12.2. The van der Waals surface area contributed by atoms with Gasteiger partial charge in [-0.25, -0.2) is 4.98 Å². The fourth-order valence-electron chi connectivity index (χ4n) is 1.77. The summed E-state index contributed by atoms with van der Waals surface area (Å²) < 4.78 is 5.28. The van der Waals surface area contributed by atoms with Crippen molar-refractivity contribution in [1.29, 1.82) is 0 Å². The summed E-state index contributed by atoms with van der Waals surface area (Å²) in [6.45, 7) is 3.98. The first-order chi connectivity index (χ1) is 9.69. The van der Waals surface area contributed by atoms with Gasteiger partial charge in [0.2, 0.25) is 5.91 Å². The average Bonchev–Trinajstić information content (AvgIpc) is 2.92. The molecule has 5 heteroatoms. The van der Waals surface area contributed by atoms with E-state index in [1.807, 2.05) is 38.1 Å². The van der Waals surface area contributed by atoms with Gasteiger partial charge in [-0.2, -0.15) is 0 Å². The molecule has 2 heterocycles. The molecule has 2 aromatic rings. The number of rotatable bonds is 6. The lowest BCUT2D eigenvalue weighted by atomic mass is 10.3. The summed E-state index contributed by atoms with van der Waals surface area (Å²) in [4.78, 5) is 16.4. The summed E-state index contributed by atoms with van der Waals surface area (Å²) in [6, 6.07) is 7.54. The molecular formula is C15H18N2O2S. The molecular weight excluding hydrogens is 272 g/mol. The molecule has 0 bridgehead atoms. The number of carbonyl (C=O) groups is 1. The van der Waals surface area contributed by atoms with E-state index in [0.717, 1.165) is 17.7 Å². The van der Waals surface area contributed by atoms with Gasteiger partial charge in [0.1, 0.15) is 11.6 Å². The molecule has 1 amide bonds. The predicted octanol–water partition coefficient (Wildman–Crippen LogP) is 3.63. The molecule has 0 saturated heterocycles. The number of nitrogens with one attached hydrogen (secondary N) is 1. The van der Waals surface area contributed by atoms with Crippen molar-refractivity contribution in [3.63, 3.8) is 0 Å². The number of hydrogen-bond donors (Lipinski definition) is 1. The summed E-state index contributed by atoms with van der Waals surface area (Å²) >= 11 is 1.58. The molecule has 4 nitrogen and oxygen atoms in total. The van der Waals surface area contributed by atoms with Crippen molar-refractivity contribution in [1.82, 2.24) is 4.98 Å². The first kappa shape index (κ1) is 14.7. The Balaban J connectivity index is 1.91. The predicted molar refractivity (Wildman–Crippen MR) is 81.7 cm³/mol. The molecule has 0 aromatic carbocycles. The van der Waals surface area contributed by atoms with E-state index in [4.69, 9.17) is 4.42 Å². The third kappa shape index (κ3) is 4.13. The Kier molecular flexibility index (Phi) is 5.24. The molecule has 1 N–H and O–H groups in total. The quantitative estimate of drug-likeness (QED) is 0.882. The van der Waals surface area contributed by atoms with E-state index in [9.17, 15) is 4.79 Å². The lowest BCUT2D eigenvalue weighted by Crippen LogP contribution is -2.25. The highest BCUT2D eigenvalue weighted by atomic mass is 32.2. The van der Waals surface area contributed by atoms with Crippen LogP contribution in [0.2, 0.25) is 0 Å². The van der Waals surface area contributed by atoms with E-state index >= 15 is 0 Å². The zero-order valence-corrected chi connectivity index (χ0v) is 12.4. The molecule has 1 unspecified atom stereocenters. The highest BCUT2D eigenvalue weighted by molar-refractivity contribution is 7.99. The number of furan rings is 1. The number of aryl methyl sites for hydroxylation is 1. The highest BCUT2D eigenvalue weighted by Crippen LogP contribution is 2.22. The second-order valence-corrected chi connectivity index (χ2v) is 5.69. The SMILES string of the molecule is CCC(SCc1ccco1)C(=O)Nc1cc(C)ccn1. The van der Waals surface area contributed by atoms with Crippen LogP contribution < -0.4 is 5.32 Å². The molecule has 0 spiro atoms. The minimum atomic E-state index is -0.109. The minimum absolute atomic E-state index is 0.0119. The Morgan fingerprint density at radius 1 is 1.50 bits per heavy atom. The molecule has 0 radical (unpaired) electrons. The van der Waals surface area contributed by atoms with Gasteiger partial charge in [0, 0.05) is 6.20 Å². The fraction of sp³-hybridized carbons (Fsp3) is 0.333. The second-order valence-electron chi connectivity index (χ2n) is 4.49. The smallest absolute Gasteiger partial charge is 0.238 e. The van der Waals surface area contributed by atoms with E-state index in [2.05, 4.69) is 10.3 Å². The Bertz CT molecular complexity index is 555. The maximum atomic E-state index is 12.2. The van der Waals surface area contributed by atoms with Crippen molar-refractivity contribution in [3.05, 3.63) is 48.0 Å². The summed E-state index contributed by atoms with van der Waals surface area (Å²) in [5, 5.41) is 2.75. The van der Waals surface area contributed by atoms with E-state index < -0.39 is 0 Å². The van der Waals surface area contributed by atoms with Gasteiger partial charge >= 0.3 is 0 Å². The number of anilines is 1. The van der Waals surface area contributed by atoms with Crippen LogP contribution in [0.4, 0.5) is 5.82 Å². The van der Waals surface area contributed by atoms with Crippen LogP contribution in [-0.2, 0) is 10.5 Å². The van der Waals surface area contributed by atoms with Gasteiger partial charge in [0.05, 0.1) is 17.3 Å². The Morgan fingerprint density at radius 3 is 3.00 bits per heavy atom. The molecule has 2 aromatic heterocycles. The Labute approximate surface area is 123 Å². The van der Waals surface area contributed by atoms with Crippen molar-refractivity contribution in [3.8, 4) is 0 Å². The third-order valence-electron chi connectivity index (χ3n) is 2.84. The maximum Gasteiger partial charge on any atom is 0.238 e. The molecule has 2 rings (SSSR count). The van der Waals surface area contributed by atoms with Crippen LogP contribution in [0.3, 0.4) is 0 Å². The third-order valence-corrected chi connectivity index (χ3v) is 4.24. The lowest BCUT2D eigenvalue weighted by molar-refractivity contribution is -0.115. The highest BCUT2D eigenvalue weighted by Gasteiger charge is 2.18. The molecule has 1 atom stereocenters. The van der Waals surface area contributed by atoms with Gasteiger partial charge < -0.3 is 9.73 Å². The number of aromatic nitrogens is 1. The monoisotopic (exact) mass is 290 g/mol. The van der Waals surface area contributed by atoms with Crippen molar-refractivity contribution in [2.24, 2.45) is 0 Å². The van der Waals surface area contributed by atoms with Gasteiger partial charge in [0.25, 0.3) is 0 Å². The summed E-state index contributed by atoms with van der Waals surface area (Å²) in [5.41, 5.74) is 1.08. The number of carbonyl (C=O) groups excluding carboxylic acids is 1. The first-order valence-corrected chi connectivity index (χ1v) is 7.61. The van der Waals surface area contributed by atoms with Crippen molar-refractivity contribution < 1.29 is 9.21 Å². The van der Waals surface area contributed by atoms with Crippen LogP contribution in [0.25, 0.3) is 0 Å². The summed E-state index contributed by atoms with van der Waals surface area (Å²) in [7, 11) is 0. The molecule has 0 saturated carbocycles. The number of nitrogens with zero attached hydrogens (tertiary/aromatic N) is 1. The first-order valence-electron chi connectivity index (χ1n) is 6.56. The van der Waals surface area contributed by atoms with Crippen LogP contribution in [0.15, 0.2) is 41.1 Å². The molecule has 0 aliphatic heterocycles. The Hall–Kier alpha value is -1.75. The zero-order chi connectivity index (χ0) is 14.4. The van der Waals surface area contributed by atoms with Crippen LogP contribution in [0.5, 0.6) is 0 Å². The molecule has 20 heavy (non-hydrogen) atoms. The van der Waals surface area contributed by atoms with E-state index in [1.54, 1.807) is 24.2 Å². The summed E-state index contributed by atoms with van der Waals surface area (Å²) in [6.07, 6.45) is 4.11. The molecule has 0 fully saturated rings. The number of hydrogen-bond acceptors (Lipinski definition) is 4. The topological polar surface area (TPSA) is 55.1 Å². The van der Waals surface area contributed by atoms with Gasteiger partial charge in [-0.3, -0.25) is 4.79 Å². The van der Waals surface area contributed by atoms with Crippen LogP contribution in [-0.4, -0.2) is 16.1 Å². The minimum Gasteiger partial charge on any atom is -0.468 e. The van der Waals surface area contributed by atoms with Crippen LogP contribution in [0.1, 0.15) is 24.7 Å². The van der Waals surface area contributed by atoms with Gasteiger partial charge in [-0.1, -0.05) is 6.92 Å². The molecule has 0 aliphatic rings. The van der Waals surface area contributed by atoms with Gasteiger partial charge in [-0.05, 0) is 43.2 Å². The molecule has 106 valence electrons. The normalized spacial score (nSPS) is 12.1. The number of amides is 1. The van der Waals surface area contributed by atoms with E-state index in [-0.39, 0.29) is 11.2 Å². The van der Waals surface area contributed by atoms with Gasteiger partial charge in [0.15, 0.2) is 0 Å². The average molecular weight is 290 g/mol. The number of pyridine rings is 1.